The molecule has 0 N–H and O–H groups in total. The van der Waals surface area contributed by atoms with Gasteiger partial charge >= 0.3 is 244 Å². The summed E-state index contributed by atoms with van der Waals surface area (Å²) in [6, 6.07) is 0. The molecule has 4 nitrogen and oxygen atoms in total. The van der Waals surface area contributed by atoms with Gasteiger partial charge < -0.3 is 0 Å². The maximum atomic E-state index is 3.22. The van der Waals surface area contributed by atoms with Crippen LogP contribution in [0.2, 0.25) is 0 Å². The molecule has 0 fully saturated rings. The molecular weight excluding hydrogens is 648 g/mol. The van der Waals surface area contributed by atoms with Gasteiger partial charge in [-0.3, -0.25) is 0 Å². The topological polar surface area (TPSA) is 13.0 Å². The number of rotatable bonds is 28. The fourth-order valence-corrected chi connectivity index (χ4v) is 29.2. The summed E-state index contributed by atoms with van der Waals surface area (Å²) in [5.41, 5.74) is 0. The van der Waals surface area contributed by atoms with Crippen LogP contribution in [-0.4, -0.2) is 85.6 Å². The van der Waals surface area contributed by atoms with Gasteiger partial charge in [0, 0.05) is 0 Å². The van der Waals surface area contributed by atoms with E-state index in [0.717, 1.165) is 0 Å². The summed E-state index contributed by atoms with van der Waals surface area (Å²) in [6.45, 7) is 29.8. The van der Waals surface area contributed by atoms with Crippen LogP contribution in [0.1, 0.15) is 158 Å². The molecule has 0 aliphatic carbocycles. The third kappa shape index (κ3) is 13.8. The summed E-state index contributed by atoms with van der Waals surface area (Å²) >= 11 is -3.59. The molecule has 0 heterocycles. The number of hydrogen-bond acceptors (Lipinski definition) is 4. The molecule has 37 heavy (non-hydrogen) atoms. The monoisotopic (exact) mass is 721 g/mol. The Morgan fingerprint density at radius 1 is 0.270 bits per heavy atom. The molecule has 0 saturated carbocycles. The summed E-state index contributed by atoms with van der Waals surface area (Å²) in [5, 5.41) is 0. The second kappa shape index (κ2) is 25.7. The Kier molecular flexibility index (Phi) is 26.2. The third-order valence-corrected chi connectivity index (χ3v) is 28.1. The van der Waals surface area contributed by atoms with Crippen LogP contribution in [0.3, 0.4) is 0 Å². The van der Waals surface area contributed by atoms with Crippen LogP contribution in [0.25, 0.3) is 0 Å². The predicted molar refractivity (Wildman–Crippen MR) is 171 cm³/mol. The van der Waals surface area contributed by atoms with Gasteiger partial charge in [0.05, 0.1) is 0 Å². The summed E-state index contributed by atoms with van der Waals surface area (Å²) in [5.74, 6) is 0. The Morgan fingerprint density at radius 2 is 0.405 bits per heavy atom. The van der Waals surface area contributed by atoms with Gasteiger partial charge in [-0.2, -0.15) is 0 Å². The van der Waals surface area contributed by atoms with Crippen LogP contribution in [0.5, 0.6) is 0 Å². The second-order valence-electron chi connectivity index (χ2n) is 11.4. The quantitative estimate of drug-likeness (QED) is 0.0749. The van der Waals surface area contributed by atoms with Gasteiger partial charge in [-0.1, -0.05) is 0 Å². The van der Waals surface area contributed by atoms with Crippen molar-refractivity contribution < 1.29 is 0 Å². The van der Waals surface area contributed by atoms with Crippen molar-refractivity contribution in [2.45, 2.75) is 158 Å². The summed E-state index contributed by atoms with van der Waals surface area (Å²) in [7, 11) is 0. The first kappa shape index (κ1) is 37.8. The van der Waals surface area contributed by atoms with Gasteiger partial charge in [0.1, 0.15) is 0 Å². The maximum absolute atomic E-state index is 3.59. The summed E-state index contributed by atoms with van der Waals surface area (Å²) in [4.78, 5) is 0. The molecule has 0 radical (unpaired) electrons. The Morgan fingerprint density at radius 3 is 0.514 bits per heavy atom. The van der Waals surface area contributed by atoms with Crippen molar-refractivity contribution in [2.24, 2.45) is 0 Å². The Balaban J connectivity index is 7.24. The summed E-state index contributed by atoms with van der Waals surface area (Å²) < 4.78 is 12.9. The van der Waals surface area contributed by atoms with E-state index in [-0.39, 0.29) is 0 Å². The molecule has 0 aromatic heterocycles. The fraction of sp³-hybridized carbons (Fsp3) is 1.00. The van der Waals surface area contributed by atoms with E-state index in [4.69, 9.17) is 0 Å². The molecule has 0 unspecified atom stereocenters. The van der Waals surface area contributed by atoms with Gasteiger partial charge in [-0.05, 0) is 0 Å². The molecular formula is C32H72N4Pb. The van der Waals surface area contributed by atoms with Crippen molar-refractivity contribution in [1.29, 1.82) is 0 Å². The number of hydrogen-bond donors (Lipinski definition) is 0. The SMILES string of the molecule is CCCC[N](CCCC)[Pb]([N](CCCC)CCCC)([N](CCCC)CCCC)[N](CCCC)CCCC. The zero-order chi connectivity index (χ0) is 27.8. The van der Waals surface area contributed by atoms with Crippen LogP contribution in [-0.2, 0) is 0 Å². The van der Waals surface area contributed by atoms with E-state index in [1.807, 2.05) is 0 Å². The minimum atomic E-state index is -3.59. The molecule has 0 atom stereocenters. The fourth-order valence-electron chi connectivity index (χ4n) is 5.64. The molecule has 0 aromatic carbocycles. The predicted octanol–water partition coefficient (Wildman–Crippen LogP) is 9.03. The molecule has 0 rings (SSSR count). The Bertz CT molecular complexity index is 358. The van der Waals surface area contributed by atoms with Crippen molar-refractivity contribution in [1.82, 2.24) is 10.8 Å². The zero-order valence-electron chi connectivity index (χ0n) is 27.3. The molecule has 0 bridgehead atoms. The first-order chi connectivity index (χ1) is 18.1. The van der Waals surface area contributed by atoms with Crippen LogP contribution >= 0.6 is 0 Å². The molecule has 224 valence electrons. The first-order valence-electron chi connectivity index (χ1n) is 17.1. The minimum absolute atomic E-state index is 1.31. The summed E-state index contributed by atoms with van der Waals surface area (Å²) in [6.07, 6.45) is 21.3. The molecule has 5 heteroatoms. The molecule has 0 aliphatic rings. The van der Waals surface area contributed by atoms with Crippen LogP contribution in [0.15, 0.2) is 0 Å². The van der Waals surface area contributed by atoms with Gasteiger partial charge in [0.2, 0.25) is 0 Å². The van der Waals surface area contributed by atoms with E-state index < -0.39 is 22.4 Å². The van der Waals surface area contributed by atoms with Crippen molar-refractivity contribution in [3.05, 3.63) is 0 Å². The second-order valence-corrected chi connectivity index (χ2v) is 25.9. The van der Waals surface area contributed by atoms with Crippen molar-refractivity contribution in [2.75, 3.05) is 52.4 Å². The van der Waals surface area contributed by atoms with E-state index in [0.29, 0.717) is 0 Å². The molecule has 0 saturated heterocycles. The molecule has 0 aliphatic heterocycles. The Labute approximate surface area is 242 Å². The van der Waals surface area contributed by atoms with Crippen LogP contribution in [0, 0.1) is 0 Å². The average Bonchev–Trinajstić information content (AvgIpc) is 2.92. The standard InChI is InChI=1S/4C8H18N.Pb/c4*1-3-5-7-9-8-6-4-2;/h4*3-8H2,1-2H3;/q4*-1;+4. The number of nitrogens with zero attached hydrogens (tertiary/aromatic N) is 4. The normalized spacial score (nSPS) is 12.6. The van der Waals surface area contributed by atoms with Crippen molar-refractivity contribution >= 4 is 22.4 Å². The molecule has 0 aromatic rings. The average molecular weight is 720 g/mol. The molecule has 0 amide bonds. The third-order valence-electron chi connectivity index (χ3n) is 7.95. The van der Waals surface area contributed by atoms with Gasteiger partial charge in [-0.25, -0.2) is 0 Å². The Hall–Kier alpha value is 0.762. The van der Waals surface area contributed by atoms with E-state index >= 15 is 0 Å². The van der Waals surface area contributed by atoms with Crippen molar-refractivity contribution in [3.63, 3.8) is 0 Å². The van der Waals surface area contributed by atoms with E-state index in [9.17, 15) is 0 Å². The first-order valence-corrected chi connectivity index (χ1v) is 24.0. The van der Waals surface area contributed by atoms with E-state index in [1.165, 1.54) is 155 Å². The number of unbranched alkanes of at least 4 members (excludes halogenated alkanes) is 8. The molecule has 0 spiro atoms. The van der Waals surface area contributed by atoms with E-state index in [1.54, 1.807) is 0 Å². The van der Waals surface area contributed by atoms with E-state index in [2.05, 4.69) is 66.2 Å². The zero-order valence-corrected chi connectivity index (χ0v) is 31.1. The van der Waals surface area contributed by atoms with Gasteiger partial charge in [-0.15, -0.1) is 0 Å². The van der Waals surface area contributed by atoms with Crippen LogP contribution in [0.4, 0.5) is 0 Å². The van der Waals surface area contributed by atoms with Gasteiger partial charge in [0.15, 0.2) is 0 Å². The van der Waals surface area contributed by atoms with Crippen molar-refractivity contribution in [3.8, 4) is 0 Å². The van der Waals surface area contributed by atoms with Crippen LogP contribution < -0.4 is 0 Å². The van der Waals surface area contributed by atoms with Gasteiger partial charge in [0.25, 0.3) is 0 Å².